The van der Waals surface area contributed by atoms with Crippen molar-refractivity contribution in [3.05, 3.63) is 30.6 Å². The van der Waals surface area contributed by atoms with Crippen LogP contribution in [0.15, 0.2) is 25.0 Å². The minimum Gasteiger partial charge on any atom is -0.378 e. The van der Waals surface area contributed by atoms with Gasteiger partial charge in [0.05, 0.1) is 18.9 Å². The molecule has 0 radical (unpaired) electrons. The molecule has 0 atom stereocenters. The van der Waals surface area contributed by atoms with Crippen LogP contribution in [0.1, 0.15) is 5.56 Å². The van der Waals surface area contributed by atoms with Gasteiger partial charge in [-0.1, -0.05) is 6.08 Å². The molecule has 4 rings (SSSR count). The topological polar surface area (TPSA) is 93.3 Å². The Hall–Kier alpha value is -2.74. The van der Waals surface area contributed by atoms with E-state index in [1.807, 2.05) is 6.08 Å². The molecular weight excluding hydrogens is 318 g/mol. The molecule has 2 aliphatic rings. The summed E-state index contributed by atoms with van der Waals surface area (Å²) in [5, 5.41) is 0. The van der Waals surface area contributed by atoms with Crippen LogP contribution in [-0.2, 0) is 11.2 Å². The zero-order valence-corrected chi connectivity index (χ0v) is 14.1. The van der Waals surface area contributed by atoms with Crippen LogP contribution >= 0.6 is 0 Å². The van der Waals surface area contributed by atoms with E-state index in [1.165, 1.54) is 0 Å². The van der Waals surface area contributed by atoms with Crippen LogP contribution < -0.4 is 15.5 Å². The van der Waals surface area contributed by atoms with Crippen molar-refractivity contribution in [1.82, 2.24) is 19.9 Å². The van der Waals surface area contributed by atoms with E-state index in [-0.39, 0.29) is 5.95 Å². The Kier molecular flexibility index (Phi) is 4.19. The van der Waals surface area contributed by atoms with Crippen molar-refractivity contribution in [2.45, 2.75) is 6.42 Å². The highest BCUT2D eigenvalue weighted by molar-refractivity contribution is 5.72. The molecule has 2 N–H and O–H groups in total. The molecule has 0 unspecified atom stereocenters. The Bertz CT molecular complexity index is 771. The third kappa shape index (κ3) is 3.00. The maximum absolute atomic E-state index is 5.63. The molecule has 0 amide bonds. The molecule has 0 aliphatic carbocycles. The average Bonchev–Trinajstić information content (AvgIpc) is 3.06. The fourth-order valence-corrected chi connectivity index (χ4v) is 3.24. The molecular formula is C17H21N7O. The molecule has 1 fully saturated rings. The van der Waals surface area contributed by atoms with Crippen molar-refractivity contribution in [2.75, 3.05) is 54.9 Å². The Balaban J connectivity index is 1.81. The molecule has 0 saturated carbocycles. The summed E-state index contributed by atoms with van der Waals surface area (Å²) < 4.78 is 5.45. The fourth-order valence-electron chi connectivity index (χ4n) is 3.24. The zero-order valence-electron chi connectivity index (χ0n) is 14.1. The summed E-state index contributed by atoms with van der Waals surface area (Å²) in [5.41, 5.74) is 8.51. The van der Waals surface area contributed by atoms with Crippen LogP contribution in [0.5, 0.6) is 0 Å². The Morgan fingerprint density at radius 1 is 1.16 bits per heavy atom. The number of rotatable bonds is 4. The maximum Gasteiger partial charge on any atom is 0.228 e. The van der Waals surface area contributed by atoms with Crippen LogP contribution in [0.4, 0.5) is 17.7 Å². The second kappa shape index (κ2) is 6.64. The summed E-state index contributed by atoms with van der Waals surface area (Å²) in [5.74, 6) is 1.96. The van der Waals surface area contributed by atoms with Gasteiger partial charge >= 0.3 is 0 Å². The first-order valence-corrected chi connectivity index (χ1v) is 8.43. The largest absolute Gasteiger partial charge is 0.378 e. The van der Waals surface area contributed by atoms with E-state index in [9.17, 15) is 0 Å². The summed E-state index contributed by atoms with van der Waals surface area (Å²) in [4.78, 5) is 22.3. The van der Waals surface area contributed by atoms with Gasteiger partial charge in [0.1, 0.15) is 5.82 Å². The standard InChI is InChI=1S/C17H21N7O/c1-2-4-23-5-3-13-14(12-10-19-16(18)20-11-12)21-17(22-15(13)23)24-6-8-25-9-7-24/h2,10-11H,1,3-9H2,(H2,18,19,20). The normalized spacial score (nSPS) is 16.8. The lowest BCUT2D eigenvalue weighted by molar-refractivity contribution is 0.122. The first kappa shape index (κ1) is 15.8. The number of nitrogens with two attached hydrogens (primary N) is 1. The summed E-state index contributed by atoms with van der Waals surface area (Å²) in [7, 11) is 0. The van der Waals surface area contributed by atoms with Gasteiger partial charge in [-0.05, 0) is 6.42 Å². The van der Waals surface area contributed by atoms with Gasteiger partial charge in [0, 0.05) is 49.7 Å². The van der Waals surface area contributed by atoms with E-state index in [4.69, 9.17) is 20.4 Å². The monoisotopic (exact) mass is 339 g/mol. The molecule has 2 aliphatic heterocycles. The van der Waals surface area contributed by atoms with Gasteiger partial charge in [0.25, 0.3) is 0 Å². The lowest BCUT2D eigenvalue weighted by Crippen LogP contribution is -2.37. The number of fused-ring (bicyclic) bond motifs is 1. The van der Waals surface area contributed by atoms with Gasteiger partial charge in [-0.3, -0.25) is 0 Å². The first-order chi connectivity index (χ1) is 12.3. The van der Waals surface area contributed by atoms with Gasteiger partial charge in [0.2, 0.25) is 11.9 Å². The quantitative estimate of drug-likeness (QED) is 0.821. The number of aromatic nitrogens is 4. The van der Waals surface area contributed by atoms with Gasteiger partial charge in [-0.25, -0.2) is 15.0 Å². The van der Waals surface area contributed by atoms with E-state index in [1.54, 1.807) is 12.4 Å². The van der Waals surface area contributed by atoms with E-state index in [0.717, 1.165) is 61.2 Å². The Morgan fingerprint density at radius 3 is 2.64 bits per heavy atom. The van der Waals surface area contributed by atoms with Gasteiger partial charge < -0.3 is 20.3 Å². The second-order valence-corrected chi connectivity index (χ2v) is 6.09. The predicted octanol–water partition coefficient (Wildman–Crippen LogP) is 0.901. The van der Waals surface area contributed by atoms with Gasteiger partial charge in [-0.15, -0.1) is 6.58 Å². The third-order valence-corrected chi connectivity index (χ3v) is 4.49. The van der Waals surface area contributed by atoms with Crippen LogP contribution in [0.25, 0.3) is 11.3 Å². The molecule has 8 nitrogen and oxygen atoms in total. The summed E-state index contributed by atoms with van der Waals surface area (Å²) >= 11 is 0. The summed E-state index contributed by atoms with van der Waals surface area (Å²) in [6.45, 7) is 8.49. The van der Waals surface area contributed by atoms with Crippen LogP contribution in [0.3, 0.4) is 0 Å². The minimum absolute atomic E-state index is 0.260. The van der Waals surface area contributed by atoms with Crippen LogP contribution in [-0.4, -0.2) is 59.3 Å². The number of anilines is 3. The number of morpholine rings is 1. The molecule has 130 valence electrons. The molecule has 2 aromatic heterocycles. The smallest absolute Gasteiger partial charge is 0.228 e. The van der Waals surface area contributed by atoms with E-state index in [2.05, 4.69) is 26.3 Å². The molecule has 0 aromatic carbocycles. The highest BCUT2D eigenvalue weighted by Gasteiger charge is 2.27. The first-order valence-electron chi connectivity index (χ1n) is 8.43. The lowest BCUT2D eigenvalue weighted by Gasteiger charge is -2.28. The Labute approximate surface area is 146 Å². The summed E-state index contributed by atoms with van der Waals surface area (Å²) in [6, 6.07) is 0. The minimum atomic E-state index is 0.260. The van der Waals surface area contributed by atoms with E-state index < -0.39 is 0 Å². The molecule has 2 aromatic rings. The van der Waals surface area contributed by atoms with Crippen molar-refractivity contribution in [3.8, 4) is 11.3 Å². The van der Waals surface area contributed by atoms with Crippen molar-refractivity contribution in [2.24, 2.45) is 0 Å². The van der Waals surface area contributed by atoms with Crippen molar-refractivity contribution >= 4 is 17.7 Å². The third-order valence-electron chi connectivity index (χ3n) is 4.49. The molecule has 1 saturated heterocycles. The average molecular weight is 339 g/mol. The number of ether oxygens (including phenoxy) is 1. The SMILES string of the molecule is C=CCN1CCc2c(-c3cnc(N)nc3)nc(N3CCOCC3)nc21. The highest BCUT2D eigenvalue weighted by atomic mass is 16.5. The van der Waals surface area contributed by atoms with E-state index >= 15 is 0 Å². The van der Waals surface area contributed by atoms with Gasteiger partial charge in [-0.2, -0.15) is 4.98 Å². The fraction of sp³-hybridized carbons (Fsp3) is 0.412. The molecule has 8 heteroatoms. The Morgan fingerprint density at radius 2 is 1.92 bits per heavy atom. The maximum atomic E-state index is 5.63. The van der Waals surface area contributed by atoms with Crippen molar-refractivity contribution in [1.29, 1.82) is 0 Å². The van der Waals surface area contributed by atoms with Crippen molar-refractivity contribution < 1.29 is 4.74 Å². The molecule has 4 heterocycles. The summed E-state index contributed by atoms with van der Waals surface area (Å²) in [6.07, 6.45) is 6.25. The van der Waals surface area contributed by atoms with Crippen LogP contribution in [0, 0.1) is 0 Å². The molecule has 0 bridgehead atoms. The highest BCUT2D eigenvalue weighted by Crippen LogP contribution is 2.35. The molecule has 25 heavy (non-hydrogen) atoms. The number of hydrogen-bond donors (Lipinski definition) is 1. The number of hydrogen-bond acceptors (Lipinski definition) is 8. The molecule has 0 spiro atoms. The number of nitrogen functional groups attached to an aromatic ring is 1. The van der Waals surface area contributed by atoms with E-state index in [0.29, 0.717) is 13.2 Å². The predicted molar refractivity (Wildman–Crippen MR) is 96.6 cm³/mol. The zero-order chi connectivity index (χ0) is 17.2. The van der Waals surface area contributed by atoms with Crippen LogP contribution in [0.2, 0.25) is 0 Å². The number of nitrogens with zero attached hydrogens (tertiary/aromatic N) is 6. The second-order valence-electron chi connectivity index (χ2n) is 6.09. The van der Waals surface area contributed by atoms with Crippen molar-refractivity contribution in [3.63, 3.8) is 0 Å². The lowest BCUT2D eigenvalue weighted by atomic mass is 10.1. The van der Waals surface area contributed by atoms with Gasteiger partial charge in [0.15, 0.2) is 0 Å².